The van der Waals surface area contributed by atoms with Crippen molar-refractivity contribution in [3.05, 3.63) is 60.0 Å². The molecule has 28 heavy (non-hydrogen) atoms. The van der Waals surface area contributed by atoms with Crippen molar-refractivity contribution in [1.82, 2.24) is 10.2 Å². The minimum Gasteiger partial charge on any atom is -0.497 e. The van der Waals surface area contributed by atoms with Gasteiger partial charge in [0.25, 0.3) is 5.22 Å². The maximum atomic E-state index is 12.4. The molecule has 1 atom stereocenters. The number of hydrogen-bond acceptors (Lipinski definition) is 7. The molecule has 0 radical (unpaired) electrons. The average Bonchev–Trinajstić information content (AvgIpc) is 3.15. The van der Waals surface area contributed by atoms with Crippen molar-refractivity contribution >= 4 is 23.4 Å². The molecule has 2 aromatic carbocycles. The van der Waals surface area contributed by atoms with Gasteiger partial charge in [-0.2, -0.15) is 0 Å². The lowest BCUT2D eigenvalue weighted by Gasteiger charge is -2.10. The van der Waals surface area contributed by atoms with Crippen LogP contribution in [0, 0.1) is 0 Å². The van der Waals surface area contributed by atoms with Crippen molar-refractivity contribution in [2.24, 2.45) is 0 Å². The van der Waals surface area contributed by atoms with Gasteiger partial charge in [-0.15, -0.1) is 10.2 Å². The third kappa shape index (κ3) is 5.26. The van der Waals surface area contributed by atoms with Crippen LogP contribution in [0.25, 0.3) is 0 Å². The molecule has 8 heteroatoms. The van der Waals surface area contributed by atoms with E-state index in [0.29, 0.717) is 23.2 Å². The van der Waals surface area contributed by atoms with Crippen LogP contribution in [0.5, 0.6) is 11.5 Å². The molecular formula is C20H21N3O4S. The molecule has 0 spiro atoms. The molecule has 3 rings (SSSR count). The minimum atomic E-state index is -0.392. The van der Waals surface area contributed by atoms with E-state index < -0.39 is 5.25 Å². The fourth-order valence-electron chi connectivity index (χ4n) is 2.40. The number of anilines is 1. The molecule has 0 aliphatic carbocycles. The largest absolute Gasteiger partial charge is 0.497 e. The first-order valence-electron chi connectivity index (χ1n) is 8.64. The van der Waals surface area contributed by atoms with Gasteiger partial charge in [-0.25, -0.2) is 0 Å². The van der Waals surface area contributed by atoms with E-state index in [1.165, 1.54) is 11.8 Å². The Morgan fingerprint density at radius 2 is 1.64 bits per heavy atom. The van der Waals surface area contributed by atoms with Crippen LogP contribution in [0.1, 0.15) is 18.4 Å². The van der Waals surface area contributed by atoms with Crippen LogP contribution < -0.4 is 14.8 Å². The lowest BCUT2D eigenvalue weighted by molar-refractivity contribution is -0.115. The van der Waals surface area contributed by atoms with Gasteiger partial charge in [0.2, 0.25) is 11.8 Å². The van der Waals surface area contributed by atoms with Crippen LogP contribution in [0.4, 0.5) is 5.69 Å². The summed E-state index contributed by atoms with van der Waals surface area (Å²) in [6.07, 6.45) is 0.518. The third-order valence-corrected chi connectivity index (χ3v) is 4.90. The standard InChI is InChI=1S/C20H21N3O4S/c1-13(19(24)21-15-6-10-17(26-3)11-7-15)28-20-23-22-18(27-20)12-14-4-8-16(25-2)9-5-14/h4-11,13H,12H2,1-3H3,(H,21,24)/t13-/m0/s1. The number of thioether (sulfide) groups is 1. The molecule has 0 saturated carbocycles. The summed E-state index contributed by atoms with van der Waals surface area (Å²) in [5.74, 6) is 1.87. The van der Waals surface area contributed by atoms with Gasteiger partial charge in [-0.1, -0.05) is 23.9 Å². The molecule has 3 aromatic rings. The molecule has 0 aliphatic heterocycles. The number of aromatic nitrogens is 2. The van der Waals surface area contributed by atoms with Crippen LogP contribution in [0.3, 0.4) is 0 Å². The number of benzene rings is 2. The summed E-state index contributed by atoms with van der Waals surface area (Å²) < 4.78 is 15.9. The highest BCUT2D eigenvalue weighted by atomic mass is 32.2. The lowest BCUT2D eigenvalue weighted by Crippen LogP contribution is -2.22. The number of nitrogens with zero attached hydrogens (tertiary/aromatic N) is 2. The molecule has 1 heterocycles. The Kier molecular flexibility index (Phi) is 6.54. The second-order valence-corrected chi connectivity index (χ2v) is 7.26. The van der Waals surface area contributed by atoms with Crippen LogP contribution in [0.15, 0.2) is 58.2 Å². The Balaban J connectivity index is 1.54. The average molecular weight is 399 g/mol. The first kappa shape index (κ1) is 19.8. The molecule has 1 N–H and O–H groups in total. The predicted octanol–water partition coefficient (Wildman–Crippen LogP) is 3.80. The molecule has 7 nitrogen and oxygen atoms in total. The zero-order valence-corrected chi connectivity index (χ0v) is 16.7. The highest BCUT2D eigenvalue weighted by Gasteiger charge is 2.18. The number of methoxy groups -OCH3 is 2. The van der Waals surface area contributed by atoms with Gasteiger partial charge >= 0.3 is 0 Å². The molecule has 0 saturated heterocycles. The van der Waals surface area contributed by atoms with Crippen LogP contribution in [0.2, 0.25) is 0 Å². The van der Waals surface area contributed by atoms with Gasteiger partial charge in [0.15, 0.2) is 0 Å². The van der Waals surface area contributed by atoms with E-state index in [-0.39, 0.29) is 5.91 Å². The van der Waals surface area contributed by atoms with E-state index in [2.05, 4.69) is 15.5 Å². The zero-order chi connectivity index (χ0) is 19.9. The van der Waals surface area contributed by atoms with E-state index in [9.17, 15) is 4.79 Å². The maximum absolute atomic E-state index is 12.4. The van der Waals surface area contributed by atoms with Crippen molar-refractivity contribution in [2.75, 3.05) is 19.5 Å². The van der Waals surface area contributed by atoms with E-state index in [1.54, 1.807) is 45.4 Å². The first-order valence-corrected chi connectivity index (χ1v) is 9.52. The number of carbonyl (C=O) groups is 1. The monoisotopic (exact) mass is 399 g/mol. The molecule has 1 aromatic heterocycles. The van der Waals surface area contributed by atoms with Gasteiger partial charge in [0.05, 0.1) is 25.9 Å². The fourth-order valence-corrected chi connectivity index (χ4v) is 3.10. The smallest absolute Gasteiger partial charge is 0.277 e. The summed E-state index contributed by atoms with van der Waals surface area (Å²) in [7, 11) is 3.22. The molecule has 0 bridgehead atoms. The molecule has 0 aliphatic rings. The van der Waals surface area contributed by atoms with Gasteiger partial charge in [-0.3, -0.25) is 4.79 Å². The highest BCUT2D eigenvalue weighted by Crippen LogP contribution is 2.24. The number of amides is 1. The topological polar surface area (TPSA) is 86.5 Å². The van der Waals surface area contributed by atoms with Crippen molar-refractivity contribution in [2.45, 2.75) is 23.8 Å². The van der Waals surface area contributed by atoms with Crippen LogP contribution >= 0.6 is 11.8 Å². The summed E-state index contributed by atoms with van der Waals surface area (Å²) in [6, 6.07) is 14.8. The highest BCUT2D eigenvalue weighted by molar-refractivity contribution is 8.00. The number of rotatable bonds is 8. The SMILES string of the molecule is COc1ccc(Cc2nnc(S[C@@H](C)C(=O)Nc3ccc(OC)cc3)o2)cc1. The summed E-state index contributed by atoms with van der Waals surface area (Å²) in [5.41, 5.74) is 1.73. The van der Waals surface area contributed by atoms with Gasteiger partial charge in [0.1, 0.15) is 11.5 Å². The Morgan fingerprint density at radius 3 is 2.25 bits per heavy atom. The number of carbonyl (C=O) groups excluding carboxylic acids is 1. The second-order valence-electron chi connectivity index (χ2n) is 5.96. The number of hydrogen-bond donors (Lipinski definition) is 1. The van der Waals surface area contributed by atoms with Crippen molar-refractivity contribution in [1.29, 1.82) is 0 Å². The fraction of sp³-hybridized carbons (Fsp3) is 0.250. The van der Waals surface area contributed by atoms with E-state index in [4.69, 9.17) is 13.9 Å². The number of nitrogens with one attached hydrogen (secondary N) is 1. The number of ether oxygens (including phenoxy) is 2. The van der Waals surface area contributed by atoms with Crippen molar-refractivity contribution < 1.29 is 18.7 Å². The maximum Gasteiger partial charge on any atom is 0.277 e. The van der Waals surface area contributed by atoms with E-state index >= 15 is 0 Å². The van der Waals surface area contributed by atoms with Gasteiger partial charge in [0, 0.05) is 5.69 Å². The molecule has 0 unspecified atom stereocenters. The molecule has 1 amide bonds. The molecule has 146 valence electrons. The third-order valence-electron chi connectivity index (χ3n) is 3.97. The normalized spacial score (nSPS) is 11.7. The van der Waals surface area contributed by atoms with E-state index in [0.717, 1.165) is 17.1 Å². The summed E-state index contributed by atoms with van der Waals surface area (Å²) in [5, 5.41) is 10.9. The lowest BCUT2D eigenvalue weighted by atomic mass is 10.1. The Bertz CT molecular complexity index is 910. The Labute approximate surface area is 167 Å². The van der Waals surface area contributed by atoms with Crippen molar-refractivity contribution in [3.63, 3.8) is 0 Å². The second kappa shape index (κ2) is 9.27. The summed E-state index contributed by atoms with van der Waals surface area (Å²) in [6.45, 7) is 1.79. The molecular weight excluding hydrogens is 378 g/mol. The Morgan fingerprint density at radius 1 is 1.04 bits per heavy atom. The zero-order valence-electron chi connectivity index (χ0n) is 15.8. The van der Waals surface area contributed by atoms with Crippen molar-refractivity contribution in [3.8, 4) is 11.5 Å². The first-order chi connectivity index (χ1) is 13.6. The quantitative estimate of drug-likeness (QED) is 0.577. The Hall–Kier alpha value is -3.00. The summed E-state index contributed by atoms with van der Waals surface area (Å²) >= 11 is 1.22. The van der Waals surface area contributed by atoms with Crippen LogP contribution in [-0.2, 0) is 11.2 Å². The van der Waals surface area contributed by atoms with Gasteiger partial charge < -0.3 is 19.2 Å². The summed E-state index contributed by atoms with van der Waals surface area (Å²) in [4.78, 5) is 12.4. The van der Waals surface area contributed by atoms with Crippen LogP contribution in [-0.4, -0.2) is 35.6 Å². The molecule has 0 fully saturated rings. The minimum absolute atomic E-state index is 0.148. The van der Waals surface area contributed by atoms with E-state index in [1.807, 2.05) is 24.3 Å². The predicted molar refractivity (Wildman–Crippen MR) is 107 cm³/mol. The van der Waals surface area contributed by atoms with Gasteiger partial charge in [-0.05, 0) is 48.9 Å².